The van der Waals surface area contributed by atoms with Gasteiger partial charge >= 0.3 is 0 Å². The average Bonchev–Trinajstić information content (AvgIpc) is 2.44. The van der Waals surface area contributed by atoms with Crippen molar-refractivity contribution in [2.24, 2.45) is 0 Å². The van der Waals surface area contributed by atoms with Crippen molar-refractivity contribution in [2.75, 3.05) is 13.7 Å². The Bertz CT molecular complexity index is 215. The highest BCUT2D eigenvalue weighted by atomic mass is 16.5. The lowest BCUT2D eigenvalue weighted by Gasteiger charge is -2.27. The number of ether oxygens (including phenoxy) is 2. The number of carbonyl (C=O) groups is 1. The van der Waals surface area contributed by atoms with Crippen LogP contribution in [0.1, 0.15) is 27.2 Å². The molecule has 4 heteroatoms. The zero-order chi connectivity index (χ0) is 10.8. The standard InChI is InChI=1S/C10H19NO3/c1-7(13-4)9(12)11-8-5-6-14-10(8,2)3/h7-8H,5-6H2,1-4H3,(H,11,12). The second-order valence-corrected chi connectivity index (χ2v) is 4.18. The lowest BCUT2D eigenvalue weighted by Crippen LogP contribution is -2.49. The molecule has 0 radical (unpaired) electrons. The minimum atomic E-state index is -0.397. The van der Waals surface area contributed by atoms with Crippen LogP contribution in [0.2, 0.25) is 0 Å². The average molecular weight is 201 g/mol. The van der Waals surface area contributed by atoms with Gasteiger partial charge in [-0.15, -0.1) is 0 Å². The van der Waals surface area contributed by atoms with Crippen LogP contribution < -0.4 is 5.32 Å². The van der Waals surface area contributed by atoms with Gasteiger partial charge in [-0.25, -0.2) is 0 Å². The van der Waals surface area contributed by atoms with Gasteiger partial charge in [0.2, 0.25) is 5.91 Å². The Balaban J connectivity index is 2.48. The number of methoxy groups -OCH3 is 1. The fraction of sp³-hybridized carbons (Fsp3) is 0.900. The van der Waals surface area contributed by atoms with Crippen molar-refractivity contribution in [3.05, 3.63) is 0 Å². The fourth-order valence-corrected chi connectivity index (χ4v) is 1.53. The van der Waals surface area contributed by atoms with Crippen LogP contribution in [0.25, 0.3) is 0 Å². The lowest BCUT2D eigenvalue weighted by atomic mass is 9.99. The van der Waals surface area contributed by atoms with E-state index in [0.717, 1.165) is 6.42 Å². The smallest absolute Gasteiger partial charge is 0.249 e. The van der Waals surface area contributed by atoms with E-state index in [4.69, 9.17) is 9.47 Å². The highest BCUT2D eigenvalue weighted by molar-refractivity contribution is 5.80. The predicted molar refractivity (Wildman–Crippen MR) is 53.0 cm³/mol. The van der Waals surface area contributed by atoms with Crippen LogP contribution in [-0.2, 0) is 14.3 Å². The molecule has 1 saturated heterocycles. The van der Waals surface area contributed by atoms with Crippen molar-refractivity contribution >= 4 is 5.91 Å². The van der Waals surface area contributed by atoms with Gasteiger partial charge in [0.1, 0.15) is 6.10 Å². The highest BCUT2D eigenvalue weighted by Gasteiger charge is 2.37. The maximum atomic E-state index is 11.5. The Kier molecular flexibility index (Phi) is 3.50. The van der Waals surface area contributed by atoms with E-state index in [1.54, 1.807) is 6.92 Å². The molecular formula is C10H19NO3. The van der Waals surface area contributed by atoms with E-state index < -0.39 is 6.10 Å². The van der Waals surface area contributed by atoms with Crippen LogP contribution in [0.15, 0.2) is 0 Å². The zero-order valence-electron chi connectivity index (χ0n) is 9.29. The molecule has 0 aliphatic carbocycles. The van der Waals surface area contributed by atoms with E-state index in [2.05, 4.69) is 5.32 Å². The summed E-state index contributed by atoms with van der Waals surface area (Å²) in [5.41, 5.74) is -0.261. The van der Waals surface area contributed by atoms with Crippen LogP contribution in [0, 0.1) is 0 Å². The van der Waals surface area contributed by atoms with Gasteiger partial charge < -0.3 is 14.8 Å². The highest BCUT2D eigenvalue weighted by Crippen LogP contribution is 2.24. The van der Waals surface area contributed by atoms with Crippen molar-refractivity contribution in [3.63, 3.8) is 0 Å². The molecule has 0 saturated carbocycles. The third kappa shape index (κ3) is 2.45. The van der Waals surface area contributed by atoms with Crippen molar-refractivity contribution in [1.29, 1.82) is 0 Å². The van der Waals surface area contributed by atoms with E-state index in [-0.39, 0.29) is 17.6 Å². The normalized spacial score (nSPS) is 27.3. The van der Waals surface area contributed by atoms with Gasteiger partial charge in [0.25, 0.3) is 0 Å². The molecular weight excluding hydrogens is 182 g/mol. The molecule has 0 aromatic heterocycles. The molecule has 0 spiro atoms. The summed E-state index contributed by atoms with van der Waals surface area (Å²) in [6.45, 7) is 6.42. The number of rotatable bonds is 3. The SMILES string of the molecule is COC(C)C(=O)NC1CCOC1(C)C. The van der Waals surface area contributed by atoms with Gasteiger partial charge in [-0.1, -0.05) is 0 Å². The number of nitrogens with one attached hydrogen (secondary N) is 1. The number of amides is 1. The molecule has 1 rings (SSSR count). The van der Waals surface area contributed by atoms with Crippen molar-refractivity contribution in [2.45, 2.75) is 44.9 Å². The molecule has 0 aromatic carbocycles. The molecule has 0 aromatic rings. The summed E-state index contributed by atoms with van der Waals surface area (Å²) in [5, 5.41) is 2.93. The minimum Gasteiger partial charge on any atom is -0.373 e. The summed E-state index contributed by atoms with van der Waals surface area (Å²) < 4.78 is 10.4. The molecule has 1 aliphatic rings. The summed E-state index contributed by atoms with van der Waals surface area (Å²) in [5.74, 6) is -0.0731. The van der Waals surface area contributed by atoms with E-state index in [9.17, 15) is 4.79 Å². The third-order valence-electron chi connectivity index (χ3n) is 2.76. The topological polar surface area (TPSA) is 47.6 Å². The molecule has 14 heavy (non-hydrogen) atoms. The van der Waals surface area contributed by atoms with Crippen LogP contribution in [0.5, 0.6) is 0 Å². The maximum absolute atomic E-state index is 11.5. The molecule has 2 atom stereocenters. The second-order valence-electron chi connectivity index (χ2n) is 4.18. The summed E-state index contributed by atoms with van der Waals surface area (Å²) in [4.78, 5) is 11.5. The molecule has 1 amide bonds. The summed E-state index contributed by atoms with van der Waals surface area (Å²) in [7, 11) is 1.53. The first-order chi connectivity index (χ1) is 6.47. The maximum Gasteiger partial charge on any atom is 0.249 e. The van der Waals surface area contributed by atoms with Gasteiger partial charge in [-0.3, -0.25) is 4.79 Å². The Hall–Kier alpha value is -0.610. The molecule has 4 nitrogen and oxygen atoms in total. The van der Waals surface area contributed by atoms with Gasteiger partial charge in [0, 0.05) is 13.7 Å². The van der Waals surface area contributed by atoms with E-state index in [0.29, 0.717) is 6.61 Å². The molecule has 1 aliphatic heterocycles. The van der Waals surface area contributed by atoms with Crippen LogP contribution in [0.4, 0.5) is 0 Å². The molecule has 1 N–H and O–H groups in total. The molecule has 82 valence electrons. The summed E-state index contributed by atoms with van der Waals surface area (Å²) >= 11 is 0. The zero-order valence-corrected chi connectivity index (χ0v) is 9.29. The van der Waals surface area contributed by atoms with Crippen LogP contribution >= 0.6 is 0 Å². The van der Waals surface area contributed by atoms with E-state index in [1.165, 1.54) is 7.11 Å². The monoisotopic (exact) mass is 201 g/mol. The first-order valence-corrected chi connectivity index (χ1v) is 4.94. The molecule has 0 bridgehead atoms. The van der Waals surface area contributed by atoms with Crippen molar-refractivity contribution < 1.29 is 14.3 Å². The predicted octanol–water partition coefficient (Wildman–Crippen LogP) is 0.705. The first-order valence-electron chi connectivity index (χ1n) is 4.94. The third-order valence-corrected chi connectivity index (χ3v) is 2.76. The van der Waals surface area contributed by atoms with E-state index >= 15 is 0 Å². The Labute approximate surface area is 85.0 Å². The fourth-order valence-electron chi connectivity index (χ4n) is 1.53. The first kappa shape index (κ1) is 11.5. The van der Waals surface area contributed by atoms with Gasteiger partial charge in [0.05, 0.1) is 11.6 Å². The summed E-state index contributed by atoms with van der Waals surface area (Å²) in [6.07, 6.45) is 0.473. The Morgan fingerprint density at radius 3 is 2.71 bits per heavy atom. The van der Waals surface area contributed by atoms with Crippen molar-refractivity contribution in [3.8, 4) is 0 Å². The Morgan fingerprint density at radius 2 is 2.29 bits per heavy atom. The van der Waals surface area contributed by atoms with Crippen molar-refractivity contribution in [1.82, 2.24) is 5.32 Å². The number of carbonyl (C=O) groups excluding carboxylic acids is 1. The molecule has 1 fully saturated rings. The second kappa shape index (κ2) is 4.28. The molecule has 2 unspecified atom stereocenters. The quantitative estimate of drug-likeness (QED) is 0.731. The van der Waals surface area contributed by atoms with Crippen LogP contribution in [-0.4, -0.2) is 37.4 Å². The number of hydrogen-bond donors (Lipinski definition) is 1. The summed E-state index contributed by atoms with van der Waals surface area (Å²) in [6, 6.07) is 0.0904. The minimum absolute atomic E-state index is 0.0731. The van der Waals surface area contributed by atoms with Gasteiger partial charge in [0.15, 0.2) is 0 Å². The largest absolute Gasteiger partial charge is 0.373 e. The van der Waals surface area contributed by atoms with Crippen LogP contribution in [0.3, 0.4) is 0 Å². The number of hydrogen-bond acceptors (Lipinski definition) is 3. The van der Waals surface area contributed by atoms with E-state index in [1.807, 2.05) is 13.8 Å². The lowest BCUT2D eigenvalue weighted by molar-refractivity contribution is -0.131. The molecule has 1 heterocycles. The Morgan fingerprint density at radius 1 is 1.64 bits per heavy atom. The van der Waals surface area contributed by atoms with Gasteiger partial charge in [-0.2, -0.15) is 0 Å². The van der Waals surface area contributed by atoms with Gasteiger partial charge in [-0.05, 0) is 27.2 Å².